The molecule has 8 nitrogen and oxygen atoms in total. The van der Waals surface area contributed by atoms with Gasteiger partial charge in [0.05, 0.1) is 18.4 Å². The first-order valence-electron chi connectivity index (χ1n) is 11.7. The second kappa shape index (κ2) is 7.84. The van der Waals surface area contributed by atoms with Gasteiger partial charge in [-0.3, -0.25) is 13.9 Å². The van der Waals surface area contributed by atoms with E-state index >= 15 is 0 Å². The third kappa shape index (κ3) is 3.54. The molecular weight excluding hydrogens is 460 g/mol. The van der Waals surface area contributed by atoms with Gasteiger partial charge in [0.15, 0.2) is 16.6 Å². The van der Waals surface area contributed by atoms with Crippen LogP contribution >= 0.6 is 11.8 Å². The average Bonchev–Trinajstić information content (AvgIpc) is 3.54. The highest BCUT2D eigenvalue weighted by atomic mass is 32.2. The second-order valence-corrected chi connectivity index (χ2v) is 10.1. The van der Waals surface area contributed by atoms with Gasteiger partial charge in [-0.25, -0.2) is 0 Å². The summed E-state index contributed by atoms with van der Waals surface area (Å²) in [6, 6.07) is 14.4. The molecule has 0 saturated heterocycles. The summed E-state index contributed by atoms with van der Waals surface area (Å²) in [4.78, 5) is 15.8. The lowest BCUT2D eigenvalue weighted by molar-refractivity contribution is -0.120. The van der Waals surface area contributed by atoms with Gasteiger partial charge in [0, 0.05) is 46.8 Å². The Morgan fingerprint density at radius 2 is 1.94 bits per heavy atom. The number of hydrogen-bond donors (Lipinski definition) is 0. The van der Waals surface area contributed by atoms with E-state index in [4.69, 9.17) is 4.74 Å². The van der Waals surface area contributed by atoms with Crippen molar-refractivity contribution >= 4 is 39.8 Å². The summed E-state index contributed by atoms with van der Waals surface area (Å²) in [6.07, 6.45) is 7.87. The fourth-order valence-corrected chi connectivity index (χ4v) is 5.46. The maximum Gasteiger partial charge on any atom is 0.230 e. The Balaban J connectivity index is 1.26. The van der Waals surface area contributed by atoms with Crippen LogP contribution in [0.5, 0.6) is 5.75 Å². The standard InChI is InChI=1S/C26H22N6O2S/c1-30-14-19(13-27-30)18-6-9-23-28-29-26(32(23)15-18)35-20-7-4-16-5-8-22-24(21(16)12-20)34-11-10-31(22)25(33)17-2-3-17/h4-9,12-15,17H,2-3,10-11H2,1H3. The molecule has 0 spiro atoms. The van der Waals surface area contributed by atoms with Crippen molar-refractivity contribution in [1.29, 1.82) is 0 Å². The number of nitrogens with zero attached hydrogens (tertiary/aromatic N) is 6. The lowest BCUT2D eigenvalue weighted by atomic mass is 10.1. The van der Waals surface area contributed by atoms with E-state index in [0.717, 1.165) is 61.9 Å². The first-order chi connectivity index (χ1) is 17.1. The number of rotatable bonds is 4. The highest BCUT2D eigenvalue weighted by Gasteiger charge is 2.36. The lowest BCUT2D eigenvalue weighted by Gasteiger charge is -2.30. The quantitative estimate of drug-likeness (QED) is 0.374. The molecule has 1 aliphatic carbocycles. The molecule has 1 aliphatic heterocycles. The van der Waals surface area contributed by atoms with Crippen molar-refractivity contribution in [2.24, 2.45) is 13.0 Å². The van der Waals surface area contributed by atoms with Crippen LogP contribution in [0.2, 0.25) is 0 Å². The van der Waals surface area contributed by atoms with E-state index in [9.17, 15) is 4.79 Å². The van der Waals surface area contributed by atoms with Crippen molar-refractivity contribution < 1.29 is 9.53 Å². The maximum atomic E-state index is 12.8. The van der Waals surface area contributed by atoms with Crippen LogP contribution in [0.15, 0.2) is 71.1 Å². The van der Waals surface area contributed by atoms with Crippen LogP contribution in [0.25, 0.3) is 27.5 Å². The molecule has 0 bridgehead atoms. The molecule has 9 heteroatoms. The van der Waals surface area contributed by atoms with E-state index in [1.807, 2.05) is 53.1 Å². The molecule has 174 valence electrons. The number of amides is 1. The molecule has 1 amide bonds. The van der Waals surface area contributed by atoms with Crippen LogP contribution in [0.4, 0.5) is 5.69 Å². The molecule has 35 heavy (non-hydrogen) atoms. The zero-order valence-corrected chi connectivity index (χ0v) is 19.9. The topological polar surface area (TPSA) is 77.5 Å². The van der Waals surface area contributed by atoms with E-state index < -0.39 is 0 Å². The highest BCUT2D eigenvalue weighted by molar-refractivity contribution is 7.99. The van der Waals surface area contributed by atoms with E-state index in [1.165, 1.54) is 0 Å². The number of anilines is 1. The molecular formula is C26H22N6O2S. The predicted octanol–water partition coefficient (Wildman–Crippen LogP) is 4.57. The lowest BCUT2D eigenvalue weighted by Crippen LogP contribution is -2.38. The fourth-order valence-electron chi connectivity index (χ4n) is 4.61. The Bertz CT molecular complexity index is 1620. The third-order valence-electron chi connectivity index (χ3n) is 6.59. The third-order valence-corrected chi connectivity index (χ3v) is 7.54. The summed E-state index contributed by atoms with van der Waals surface area (Å²) in [7, 11) is 1.91. The number of carbonyl (C=O) groups excluding carboxylic acids is 1. The van der Waals surface area contributed by atoms with Crippen molar-refractivity contribution in [3.63, 3.8) is 0 Å². The number of fused-ring (bicyclic) bond motifs is 4. The van der Waals surface area contributed by atoms with Gasteiger partial charge in [-0.1, -0.05) is 12.1 Å². The zero-order chi connectivity index (χ0) is 23.5. The van der Waals surface area contributed by atoms with E-state index in [2.05, 4.69) is 39.6 Å². The first-order valence-corrected chi connectivity index (χ1v) is 12.5. The normalized spacial score (nSPS) is 15.4. The van der Waals surface area contributed by atoms with Crippen molar-refractivity contribution in [2.45, 2.75) is 22.9 Å². The molecule has 7 rings (SSSR count). The van der Waals surface area contributed by atoms with Gasteiger partial charge < -0.3 is 9.64 Å². The number of ether oxygens (including phenoxy) is 1. The number of aryl methyl sites for hydroxylation is 1. The van der Waals surface area contributed by atoms with E-state index in [-0.39, 0.29) is 11.8 Å². The largest absolute Gasteiger partial charge is 0.489 e. The Morgan fingerprint density at radius 3 is 2.77 bits per heavy atom. The Kier molecular flexibility index (Phi) is 4.60. The minimum Gasteiger partial charge on any atom is -0.489 e. The Hall–Kier alpha value is -3.85. The van der Waals surface area contributed by atoms with E-state index in [1.54, 1.807) is 16.4 Å². The van der Waals surface area contributed by atoms with Gasteiger partial charge in [-0.15, -0.1) is 10.2 Å². The zero-order valence-electron chi connectivity index (χ0n) is 19.1. The molecule has 5 aromatic rings. The fraction of sp³-hybridized carbons (Fsp3) is 0.231. The molecule has 2 aromatic carbocycles. The summed E-state index contributed by atoms with van der Waals surface area (Å²) in [5.41, 5.74) is 3.75. The molecule has 0 radical (unpaired) electrons. The van der Waals surface area contributed by atoms with E-state index in [0.29, 0.717) is 13.2 Å². The van der Waals surface area contributed by atoms with Crippen LogP contribution in [0.1, 0.15) is 12.8 Å². The van der Waals surface area contributed by atoms with Crippen molar-refractivity contribution in [2.75, 3.05) is 18.1 Å². The molecule has 3 aromatic heterocycles. The van der Waals surface area contributed by atoms with Gasteiger partial charge in [-0.2, -0.15) is 5.10 Å². The van der Waals surface area contributed by atoms with Crippen LogP contribution in [-0.2, 0) is 11.8 Å². The van der Waals surface area contributed by atoms with Crippen molar-refractivity contribution in [3.8, 4) is 16.9 Å². The minimum atomic E-state index is 0.177. The number of aromatic nitrogens is 5. The highest BCUT2D eigenvalue weighted by Crippen LogP contribution is 2.43. The predicted molar refractivity (Wildman–Crippen MR) is 134 cm³/mol. The molecule has 0 N–H and O–H groups in total. The minimum absolute atomic E-state index is 0.177. The smallest absolute Gasteiger partial charge is 0.230 e. The summed E-state index contributed by atoms with van der Waals surface area (Å²) >= 11 is 1.55. The van der Waals surface area contributed by atoms with Gasteiger partial charge in [0.1, 0.15) is 6.61 Å². The number of carbonyl (C=O) groups is 1. The van der Waals surface area contributed by atoms with Gasteiger partial charge >= 0.3 is 0 Å². The summed E-state index contributed by atoms with van der Waals surface area (Å²) in [6.45, 7) is 1.11. The number of hydrogen-bond acceptors (Lipinski definition) is 6. The first kappa shape index (κ1) is 20.5. The van der Waals surface area contributed by atoms with Gasteiger partial charge in [0.2, 0.25) is 5.91 Å². The molecule has 2 aliphatic rings. The van der Waals surface area contributed by atoms with Gasteiger partial charge in [-0.05, 0) is 60.3 Å². The maximum absolute atomic E-state index is 12.8. The molecule has 0 unspecified atom stereocenters. The van der Waals surface area contributed by atoms with Crippen molar-refractivity contribution in [1.82, 2.24) is 24.4 Å². The van der Waals surface area contributed by atoms with Crippen LogP contribution in [0.3, 0.4) is 0 Å². The Morgan fingerprint density at radius 1 is 1.06 bits per heavy atom. The SMILES string of the molecule is Cn1cc(-c2ccc3nnc(Sc4ccc5ccc6c(c5c4)OCCN6C(=O)C4CC4)n3c2)cn1. The molecule has 1 fully saturated rings. The summed E-state index contributed by atoms with van der Waals surface area (Å²) < 4.78 is 9.89. The average molecular weight is 483 g/mol. The summed E-state index contributed by atoms with van der Waals surface area (Å²) in [5.74, 6) is 1.19. The molecule has 0 atom stereocenters. The van der Waals surface area contributed by atoms with Crippen LogP contribution in [-0.4, -0.2) is 43.4 Å². The van der Waals surface area contributed by atoms with Crippen LogP contribution in [0, 0.1) is 5.92 Å². The van der Waals surface area contributed by atoms with Crippen LogP contribution < -0.4 is 9.64 Å². The Labute approximate surface area is 205 Å². The van der Waals surface area contributed by atoms with Crippen molar-refractivity contribution in [3.05, 3.63) is 61.1 Å². The van der Waals surface area contributed by atoms with Gasteiger partial charge in [0.25, 0.3) is 0 Å². The number of pyridine rings is 1. The second-order valence-electron chi connectivity index (χ2n) is 9.04. The molecule has 4 heterocycles. The number of benzene rings is 2. The monoisotopic (exact) mass is 482 g/mol. The molecule has 1 saturated carbocycles. The summed E-state index contributed by atoms with van der Waals surface area (Å²) in [5, 5.41) is 15.9.